The number of aromatic amines is 1. The van der Waals surface area contributed by atoms with E-state index in [0.29, 0.717) is 6.61 Å². The second-order valence-corrected chi connectivity index (χ2v) is 8.36. The number of hydrogen-bond donors (Lipinski definition) is 2. The monoisotopic (exact) mass is 474 g/mol. The summed E-state index contributed by atoms with van der Waals surface area (Å²) in [5, 5.41) is 12.5. The van der Waals surface area contributed by atoms with E-state index in [2.05, 4.69) is 46.7 Å². The van der Waals surface area contributed by atoms with Crippen molar-refractivity contribution in [1.29, 1.82) is 0 Å². The molecule has 7 nitrogen and oxygen atoms in total. The number of rotatable bonds is 6. The molecule has 5 rings (SSSR count). The fraction of sp³-hybridized carbons (Fsp3) is 0.250. The molecule has 1 aliphatic rings. The van der Waals surface area contributed by atoms with Gasteiger partial charge in [0.2, 0.25) is 0 Å². The van der Waals surface area contributed by atoms with Gasteiger partial charge in [0.05, 0.1) is 26.5 Å². The van der Waals surface area contributed by atoms with Gasteiger partial charge >= 0.3 is 0 Å². The van der Waals surface area contributed by atoms with E-state index in [1.807, 2.05) is 30.3 Å². The molecule has 182 valence electrons. The summed E-state index contributed by atoms with van der Waals surface area (Å²) in [4.78, 5) is 12.6. The van der Waals surface area contributed by atoms with Crippen LogP contribution in [0.4, 0.5) is 0 Å². The molecule has 0 radical (unpaired) electrons. The van der Waals surface area contributed by atoms with Crippen LogP contribution in [0.25, 0.3) is 10.9 Å². The number of methoxy groups -OCH3 is 2. The number of hydrogen-bond acceptors (Lipinski definition) is 5. The highest BCUT2D eigenvalue weighted by Crippen LogP contribution is 2.35. The van der Waals surface area contributed by atoms with Gasteiger partial charge < -0.3 is 34.4 Å². The van der Waals surface area contributed by atoms with Gasteiger partial charge in [0.1, 0.15) is 12.4 Å². The molecule has 2 heterocycles. The minimum absolute atomic E-state index is 0.199. The van der Waals surface area contributed by atoms with E-state index in [0.717, 1.165) is 42.7 Å². The molecule has 0 saturated carbocycles. The normalized spacial score (nSPS) is 14.4. The summed E-state index contributed by atoms with van der Waals surface area (Å²) in [5.41, 5.74) is 6.15. The van der Waals surface area contributed by atoms with Crippen LogP contribution in [-0.4, -0.2) is 31.7 Å². The van der Waals surface area contributed by atoms with Gasteiger partial charge in [-0.1, -0.05) is 30.3 Å². The molecule has 4 aromatic rings. The number of nitrogens with one attached hydrogen (secondary N) is 1. The lowest BCUT2D eigenvalue weighted by Gasteiger charge is -2.22. The number of carbonyl (C=O) groups excluding carboxylic acids is 1. The van der Waals surface area contributed by atoms with Crippen molar-refractivity contribution < 1.29 is 29.4 Å². The van der Waals surface area contributed by atoms with Crippen LogP contribution < -0.4 is 24.6 Å². The van der Waals surface area contributed by atoms with Gasteiger partial charge in [0.25, 0.3) is 0 Å². The molecule has 0 fully saturated rings. The maximum Gasteiger partial charge on any atom is 0.161 e. The number of quaternary nitrogens is 1. The largest absolute Gasteiger partial charge is 0.550 e. The molecule has 1 unspecified atom stereocenters. The van der Waals surface area contributed by atoms with Gasteiger partial charge in [-0.3, -0.25) is 0 Å². The predicted molar refractivity (Wildman–Crippen MR) is 132 cm³/mol. The topological polar surface area (TPSA) is 100 Å². The zero-order valence-corrected chi connectivity index (χ0v) is 20.2. The molecule has 0 aliphatic carbocycles. The standard InChI is InChI=1S/C26H26N2O3.C2H4O2/c1-29-23-11-8-18(14-24(23)30-2)25-26-20(12-13-27-25)21-15-19(9-10-22(21)28-26)31-16-17-6-4-3-5-7-17;1-2(3)4/h3-11,14-15,25,27-28H,12-13,16H2,1-2H3;1H3,(H,3,4). The SMILES string of the molecule is CC(=O)[O-].COc1ccc(C2[NH2+]CCc3c2[nH]c2ccc(OCc4ccccc4)cc32)cc1OC. The van der Waals surface area contributed by atoms with E-state index in [9.17, 15) is 0 Å². The molecule has 0 amide bonds. The lowest BCUT2D eigenvalue weighted by atomic mass is 9.94. The first-order valence-electron chi connectivity index (χ1n) is 11.5. The lowest BCUT2D eigenvalue weighted by molar-refractivity contribution is -0.690. The van der Waals surface area contributed by atoms with E-state index in [1.165, 1.54) is 27.8 Å². The Bertz CT molecular complexity index is 1300. The van der Waals surface area contributed by atoms with Crippen molar-refractivity contribution >= 4 is 16.9 Å². The summed E-state index contributed by atoms with van der Waals surface area (Å²) in [6, 6.07) is 23.0. The molecule has 35 heavy (non-hydrogen) atoms. The van der Waals surface area contributed by atoms with Crippen molar-refractivity contribution in [2.24, 2.45) is 0 Å². The average Bonchev–Trinajstić information content (AvgIpc) is 3.25. The third-order valence-electron chi connectivity index (χ3n) is 6.03. The highest BCUT2D eigenvalue weighted by atomic mass is 16.5. The Labute approximate surface area is 204 Å². The Morgan fingerprint density at radius 1 is 1.03 bits per heavy atom. The average molecular weight is 475 g/mol. The Hall–Kier alpha value is -3.97. The first kappa shape index (κ1) is 24.2. The third-order valence-corrected chi connectivity index (χ3v) is 6.03. The second-order valence-electron chi connectivity index (χ2n) is 8.36. The van der Waals surface area contributed by atoms with E-state index in [4.69, 9.17) is 24.1 Å². The molecular weight excluding hydrogens is 444 g/mol. The van der Waals surface area contributed by atoms with Crippen LogP contribution in [0.1, 0.15) is 35.3 Å². The van der Waals surface area contributed by atoms with Crippen molar-refractivity contribution in [3.8, 4) is 17.2 Å². The zero-order chi connectivity index (χ0) is 24.8. The summed E-state index contributed by atoms with van der Waals surface area (Å²) >= 11 is 0. The number of carboxylic acid groups (broad SMARTS) is 1. The molecule has 0 bridgehead atoms. The molecule has 3 aromatic carbocycles. The summed E-state index contributed by atoms with van der Waals surface area (Å²) < 4.78 is 17.0. The second kappa shape index (κ2) is 11.0. The number of aliphatic carboxylic acids is 1. The minimum Gasteiger partial charge on any atom is -0.550 e. The number of fused-ring (bicyclic) bond motifs is 3. The van der Waals surface area contributed by atoms with Crippen molar-refractivity contribution in [2.45, 2.75) is 26.0 Å². The number of carbonyl (C=O) groups is 1. The predicted octanol–water partition coefficient (Wildman–Crippen LogP) is 2.73. The Kier molecular flexibility index (Phi) is 7.57. The van der Waals surface area contributed by atoms with Gasteiger partial charge in [0, 0.05) is 28.9 Å². The van der Waals surface area contributed by atoms with Gasteiger partial charge in [-0.2, -0.15) is 0 Å². The van der Waals surface area contributed by atoms with Crippen molar-refractivity contribution in [3.05, 3.63) is 89.1 Å². The maximum atomic E-state index is 8.89. The Morgan fingerprint density at radius 2 is 1.77 bits per heavy atom. The first-order chi connectivity index (χ1) is 17.0. The van der Waals surface area contributed by atoms with Crippen molar-refractivity contribution in [3.63, 3.8) is 0 Å². The highest BCUT2D eigenvalue weighted by Gasteiger charge is 2.29. The smallest absolute Gasteiger partial charge is 0.161 e. The highest BCUT2D eigenvalue weighted by molar-refractivity contribution is 5.86. The van der Waals surface area contributed by atoms with Gasteiger partial charge in [0.15, 0.2) is 17.5 Å². The minimum atomic E-state index is -1.08. The van der Waals surface area contributed by atoms with Crippen molar-refractivity contribution in [1.82, 2.24) is 4.98 Å². The number of ether oxygens (including phenoxy) is 3. The summed E-state index contributed by atoms with van der Waals surface area (Å²) in [7, 11) is 3.34. The van der Waals surface area contributed by atoms with Crippen LogP contribution in [0, 0.1) is 0 Å². The van der Waals surface area contributed by atoms with Gasteiger partial charge in [-0.15, -0.1) is 0 Å². The van der Waals surface area contributed by atoms with Crippen LogP contribution in [0.3, 0.4) is 0 Å². The molecule has 0 saturated heterocycles. The first-order valence-corrected chi connectivity index (χ1v) is 11.5. The van der Waals surface area contributed by atoms with Crippen LogP contribution in [0.15, 0.2) is 66.7 Å². The quantitative estimate of drug-likeness (QED) is 0.448. The van der Waals surface area contributed by atoms with Gasteiger partial charge in [-0.25, -0.2) is 0 Å². The summed E-state index contributed by atoms with van der Waals surface area (Å²) in [6.45, 7) is 2.58. The Morgan fingerprint density at radius 3 is 2.49 bits per heavy atom. The molecule has 7 heteroatoms. The van der Waals surface area contributed by atoms with E-state index >= 15 is 0 Å². The number of carboxylic acids is 1. The number of benzene rings is 3. The van der Waals surface area contributed by atoms with Crippen LogP contribution in [0.5, 0.6) is 17.2 Å². The van der Waals surface area contributed by atoms with E-state index in [-0.39, 0.29) is 6.04 Å². The maximum absolute atomic E-state index is 8.89. The van der Waals surface area contributed by atoms with Crippen molar-refractivity contribution in [2.75, 3.05) is 20.8 Å². The molecule has 0 spiro atoms. The lowest BCUT2D eigenvalue weighted by Crippen LogP contribution is -2.87. The van der Waals surface area contributed by atoms with Crippen LogP contribution in [0.2, 0.25) is 0 Å². The molecular formula is C28H30N2O5. The number of H-pyrrole nitrogens is 1. The number of nitrogens with two attached hydrogens (primary N) is 1. The summed E-state index contributed by atoms with van der Waals surface area (Å²) in [5.74, 6) is 1.32. The third kappa shape index (κ3) is 5.58. The molecule has 1 aromatic heterocycles. The van der Waals surface area contributed by atoms with E-state index in [1.54, 1.807) is 14.2 Å². The van der Waals surface area contributed by atoms with Gasteiger partial charge in [-0.05, 0) is 54.4 Å². The number of aromatic nitrogens is 1. The molecule has 1 atom stereocenters. The van der Waals surface area contributed by atoms with E-state index < -0.39 is 5.97 Å². The molecule has 3 N–H and O–H groups in total. The van der Waals surface area contributed by atoms with Crippen LogP contribution >= 0.6 is 0 Å². The fourth-order valence-corrected chi connectivity index (χ4v) is 4.47. The summed E-state index contributed by atoms with van der Waals surface area (Å²) in [6.07, 6.45) is 1.03. The zero-order valence-electron chi connectivity index (χ0n) is 20.2. The fourth-order valence-electron chi connectivity index (χ4n) is 4.47. The Balaban J connectivity index is 0.000000672. The van der Waals surface area contributed by atoms with Crippen LogP contribution in [-0.2, 0) is 17.8 Å². The molecule has 1 aliphatic heterocycles.